The zero-order chi connectivity index (χ0) is 10.7. The third-order valence-corrected chi connectivity index (χ3v) is 3.46. The molecule has 0 aromatic carbocycles. The van der Waals surface area contributed by atoms with Crippen LogP contribution in [0.5, 0.6) is 0 Å². The summed E-state index contributed by atoms with van der Waals surface area (Å²) in [5.74, 6) is 1.68. The van der Waals surface area contributed by atoms with Gasteiger partial charge >= 0.3 is 0 Å². The Balaban J connectivity index is 2.35. The van der Waals surface area contributed by atoms with E-state index in [1.807, 2.05) is 0 Å². The lowest BCUT2D eigenvalue weighted by molar-refractivity contribution is -0.123. The number of hydrogen-bond acceptors (Lipinski definition) is 1. The first-order valence-electron chi connectivity index (χ1n) is 5.42. The van der Waals surface area contributed by atoms with Gasteiger partial charge in [0, 0.05) is 17.3 Å². The molecule has 82 valence electrons. The van der Waals surface area contributed by atoms with Crippen molar-refractivity contribution in [3.63, 3.8) is 0 Å². The molecule has 0 saturated heterocycles. The van der Waals surface area contributed by atoms with Crippen LogP contribution in [0.2, 0.25) is 0 Å². The summed E-state index contributed by atoms with van der Waals surface area (Å²) < 4.78 is 0. The van der Waals surface area contributed by atoms with E-state index >= 15 is 0 Å². The number of amides is 1. The molecule has 0 aliphatic heterocycles. The Labute approximate surface area is 95.0 Å². The molecule has 2 nitrogen and oxygen atoms in total. The van der Waals surface area contributed by atoms with E-state index < -0.39 is 0 Å². The molecule has 3 atom stereocenters. The molecule has 0 bridgehead atoms. The van der Waals surface area contributed by atoms with Crippen LogP contribution in [0.1, 0.15) is 33.6 Å². The van der Waals surface area contributed by atoms with E-state index in [0.29, 0.717) is 23.8 Å². The zero-order valence-electron chi connectivity index (χ0n) is 9.22. The summed E-state index contributed by atoms with van der Waals surface area (Å²) in [5, 5.41) is 4.10. The SMILES string of the molecule is CC(C)C(CCBr)NC(=O)C1CC1C. The van der Waals surface area contributed by atoms with Gasteiger partial charge in [-0.1, -0.05) is 36.7 Å². The smallest absolute Gasteiger partial charge is 0.223 e. The molecule has 1 rings (SSSR count). The summed E-state index contributed by atoms with van der Waals surface area (Å²) in [4.78, 5) is 11.7. The summed E-state index contributed by atoms with van der Waals surface area (Å²) in [6.45, 7) is 6.45. The fraction of sp³-hybridized carbons (Fsp3) is 0.909. The van der Waals surface area contributed by atoms with Gasteiger partial charge in [0.2, 0.25) is 5.91 Å². The van der Waals surface area contributed by atoms with Crippen LogP contribution in [0, 0.1) is 17.8 Å². The summed E-state index contributed by atoms with van der Waals surface area (Å²) in [5.41, 5.74) is 0. The zero-order valence-corrected chi connectivity index (χ0v) is 10.8. The Hall–Kier alpha value is -0.0500. The number of halogens is 1. The van der Waals surface area contributed by atoms with Crippen LogP contribution in [0.25, 0.3) is 0 Å². The largest absolute Gasteiger partial charge is 0.353 e. The Bertz CT molecular complexity index is 205. The van der Waals surface area contributed by atoms with Gasteiger partial charge in [-0.2, -0.15) is 0 Å². The molecule has 0 radical (unpaired) electrons. The molecule has 0 aromatic rings. The van der Waals surface area contributed by atoms with Crippen LogP contribution in [0.15, 0.2) is 0 Å². The fourth-order valence-corrected chi connectivity index (χ4v) is 2.16. The number of carbonyl (C=O) groups excluding carboxylic acids is 1. The van der Waals surface area contributed by atoms with Gasteiger partial charge in [-0.3, -0.25) is 4.79 Å². The van der Waals surface area contributed by atoms with Crippen LogP contribution in [-0.4, -0.2) is 17.3 Å². The highest BCUT2D eigenvalue weighted by atomic mass is 79.9. The molecule has 1 fully saturated rings. The first-order valence-corrected chi connectivity index (χ1v) is 6.54. The van der Waals surface area contributed by atoms with E-state index in [1.54, 1.807) is 0 Å². The van der Waals surface area contributed by atoms with Crippen LogP contribution in [-0.2, 0) is 4.79 Å². The maximum absolute atomic E-state index is 11.7. The van der Waals surface area contributed by atoms with Crippen molar-refractivity contribution in [1.82, 2.24) is 5.32 Å². The predicted octanol–water partition coefficient (Wildman–Crippen LogP) is 2.57. The number of rotatable bonds is 5. The minimum absolute atomic E-state index is 0.261. The lowest BCUT2D eigenvalue weighted by Crippen LogP contribution is -2.39. The van der Waals surface area contributed by atoms with Crippen LogP contribution < -0.4 is 5.32 Å². The molecule has 1 aliphatic rings. The first-order chi connectivity index (χ1) is 6.56. The maximum Gasteiger partial charge on any atom is 0.223 e. The molecular weight excluding hydrogens is 242 g/mol. The summed E-state index contributed by atoms with van der Waals surface area (Å²) in [7, 11) is 0. The average molecular weight is 262 g/mol. The summed E-state index contributed by atoms with van der Waals surface area (Å²) >= 11 is 3.42. The molecule has 0 spiro atoms. The second kappa shape index (κ2) is 5.15. The van der Waals surface area contributed by atoms with E-state index in [4.69, 9.17) is 0 Å². The van der Waals surface area contributed by atoms with E-state index in [-0.39, 0.29) is 5.91 Å². The van der Waals surface area contributed by atoms with Gasteiger partial charge in [-0.15, -0.1) is 0 Å². The van der Waals surface area contributed by atoms with Crippen molar-refractivity contribution in [1.29, 1.82) is 0 Å². The van der Waals surface area contributed by atoms with Crippen LogP contribution in [0.3, 0.4) is 0 Å². The van der Waals surface area contributed by atoms with Gasteiger partial charge in [0.25, 0.3) is 0 Å². The monoisotopic (exact) mass is 261 g/mol. The standard InChI is InChI=1S/C11H20BrNO/c1-7(2)10(4-5-12)13-11(14)9-6-8(9)3/h7-10H,4-6H2,1-3H3,(H,13,14). The lowest BCUT2D eigenvalue weighted by atomic mass is 10.0. The number of nitrogens with one attached hydrogen (secondary N) is 1. The highest BCUT2D eigenvalue weighted by molar-refractivity contribution is 9.09. The minimum Gasteiger partial charge on any atom is -0.353 e. The van der Waals surface area contributed by atoms with Crippen molar-refractivity contribution >= 4 is 21.8 Å². The summed E-state index contributed by atoms with van der Waals surface area (Å²) in [6.07, 6.45) is 2.09. The van der Waals surface area contributed by atoms with E-state index in [2.05, 4.69) is 42.0 Å². The fourth-order valence-electron chi connectivity index (χ4n) is 1.67. The molecule has 1 saturated carbocycles. The Morgan fingerprint density at radius 1 is 1.57 bits per heavy atom. The number of carbonyl (C=O) groups is 1. The van der Waals surface area contributed by atoms with E-state index in [0.717, 1.165) is 18.2 Å². The van der Waals surface area contributed by atoms with Crippen molar-refractivity contribution in [2.45, 2.75) is 39.7 Å². The average Bonchev–Trinajstić information content (AvgIpc) is 2.81. The van der Waals surface area contributed by atoms with Gasteiger partial charge in [-0.05, 0) is 24.7 Å². The van der Waals surface area contributed by atoms with Crippen LogP contribution >= 0.6 is 15.9 Å². The van der Waals surface area contributed by atoms with Gasteiger partial charge < -0.3 is 5.32 Å². The topological polar surface area (TPSA) is 29.1 Å². The molecular formula is C11H20BrNO. The van der Waals surface area contributed by atoms with Crippen molar-refractivity contribution < 1.29 is 4.79 Å². The van der Waals surface area contributed by atoms with Crippen molar-refractivity contribution in [2.75, 3.05) is 5.33 Å². The maximum atomic E-state index is 11.7. The van der Waals surface area contributed by atoms with E-state index in [9.17, 15) is 4.79 Å². The van der Waals surface area contributed by atoms with Gasteiger partial charge in [-0.25, -0.2) is 0 Å². The molecule has 1 amide bonds. The van der Waals surface area contributed by atoms with Crippen molar-refractivity contribution in [3.05, 3.63) is 0 Å². The lowest BCUT2D eigenvalue weighted by Gasteiger charge is -2.21. The first kappa shape index (κ1) is 12.0. The molecule has 1 N–H and O–H groups in total. The van der Waals surface area contributed by atoms with Gasteiger partial charge in [0.1, 0.15) is 0 Å². The molecule has 14 heavy (non-hydrogen) atoms. The number of alkyl halides is 1. The second-order valence-electron chi connectivity index (χ2n) is 4.66. The third kappa shape index (κ3) is 3.26. The number of hydrogen-bond donors (Lipinski definition) is 1. The molecule has 0 aromatic heterocycles. The normalized spacial score (nSPS) is 27.5. The van der Waals surface area contributed by atoms with Crippen molar-refractivity contribution in [2.24, 2.45) is 17.8 Å². The Kier molecular flexibility index (Phi) is 4.42. The Morgan fingerprint density at radius 2 is 2.14 bits per heavy atom. The second-order valence-corrected chi connectivity index (χ2v) is 5.45. The molecule has 3 unspecified atom stereocenters. The molecule has 1 aliphatic carbocycles. The van der Waals surface area contributed by atoms with E-state index in [1.165, 1.54) is 0 Å². The highest BCUT2D eigenvalue weighted by Crippen LogP contribution is 2.37. The Morgan fingerprint density at radius 3 is 2.50 bits per heavy atom. The quantitative estimate of drug-likeness (QED) is 0.758. The van der Waals surface area contributed by atoms with Gasteiger partial charge in [0.05, 0.1) is 0 Å². The van der Waals surface area contributed by atoms with Gasteiger partial charge in [0.15, 0.2) is 0 Å². The minimum atomic E-state index is 0.261. The predicted molar refractivity (Wildman–Crippen MR) is 62.5 cm³/mol. The molecule has 0 heterocycles. The summed E-state index contributed by atoms with van der Waals surface area (Å²) in [6, 6.07) is 0.328. The molecule has 3 heteroatoms. The van der Waals surface area contributed by atoms with Crippen molar-refractivity contribution in [3.8, 4) is 0 Å². The third-order valence-electron chi connectivity index (χ3n) is 3.00. The highest BCUT2D eigenvalue weighted by Gasteiger charge is 2.39. The van der Waals surface area contributed by atoms with Crippen LogP contribution in [0.4, 0.5) is 0 Å².